The Bertz CT molecular complexity index is 2570. The molecule has 0 atom stereocenters. The van der Waals surface area contributed by atoms with Crippen LogP contribution in [0.4, 0.5) is 11.4 Å². The molecule has 0 aliphatic carbocycles. The number of carboxylic acid groups (broad SMARTS) is 1. The minimum Gasteiger partial charge on any atom is -0.748 e. The largest absolute Gasteiger partial charge is 0.748 e. The van der Waals surface area contributed by atoms with E-state index in [9.17, 15) is 26.2 Å². The summed E-state index contributed by atoms with van der Waals surface area (Å²) in [4.78, 5) is 13.5. The second-order valence-electron chi connectivity index (χ2n) is 16.4. The van der Waals surface area contributed by atoms with Crippen LogP contribution in [0.3, 0.4) is 0 Å². The quantitative estimate of drug-likeness (QED) is 0.0438. The second-order valence-corrected chi connectivity index (χ2v) is 19.7. The number of aliphatic carboxylic acids is 1. The molecule has 0 radical (unpaired) electrons. The van der Waals surface area contributed by atoms with E-state index in [-0.39, 0.29) is 23.2 Å². The van der Waals surface area contributed by atoms with Gasteiger partial charge in [0.2, 0.25) is 15.7 Å². The van der Waals surface area contributed by atoms with Crippen molar-refractivity contribution in [2.45, 2.75) is 95.3 Å². The summed E-state index contributed by atoms with van der Waals surface area (Å²) in [6.07, 6.45) is 14.2. The van der Waals surface area contributed by atoms with Crippen LogP contribution in [0.25, 0.3) is 21.5 Å². The monoisotopic (exact) mass is 825 g/mol. The fourth-order valence-electron chi connectivity index (χ4n) is 8.52. The van der Waals surface area contributed by atoms with Crippen LogP contribution in [0.5, 0.6) is 0 Å². The van der Waals surface area contributed by atoms with Gasteiger partial charge in [-0.1, -0.05) is 69.3 Å². The van der Waals surface area contributed by atoms with Gasteiger partial charge in [0.25, 0.3) is 0 Å². The van der Waals surface area contributed by atoms with E-state index in [2.05, 4.69) is 103 Å². The third-order valence-electron chi connectivity index (χ3n) is 11.5. The Hall–Kier alpha value is -4.62. The molecule has 308 valence electrons. The number of anilines is 1. The van der Waals surface area contributed by atoms with Gasteiger partial charge >= 0.3 is 5.97 Å². The summed E-state index contributed by atoms with van der Waals surface area (Å²) in [5.74, 6) is -1.20. The maximum absolute atomic E-state index is 13.0. The summed E-state index contributed by atoms with van der Waals surface area (Å²) in [5.41, 5.74) is 5.86. The third kappa shape index (κ3) is 9.15. The lowest BCUT2D eigenvalue weighted by molar-refractivity contribution is -0.438. The van der Waals surface area contributed by atoms with Crippen LogP contribution in [0, 0.1) is 0 Å². The number of unbranched alkanes of at least 4 members (excludes halogenated alkanes) is 3. The molecule has 0 bridgehead atoms. The minimum absolute atomic E-state index is 0.170. The van der Waals surface area contributed by atoms with E-state index in [0.717, 1.165) is 52.8 Å². The Kier molecular flexibility index (Phi) is 12.8. The van der Waals surface area contributed by atoms with Gasteiger partial charge in [-0.05, 0) is 109 Å². The average molecular weight is 826 g/mol. The summed E-state index contributed by atoms with van der Waals surface area (Å²) in [7, 11) is -8.02. The summed E-state index contributed by atoms with van der Waals surface area (Å²) in [5, 5.41) is 13.2. The number of nitrogens with one attached hydrogen (secondary N) is 1. The number of fused-ring (bicyclic) bond motifs is 5. The number of benzene rings is 4. The van der Waals surface area contributed by atoms with Crippen molar-refractivity contribution in [2.75, 3.05) is 30.3 Å². The normalized spacial score (nSPS) is 17.1. The molecule has 0 fully saturated rings. The molecule has 0 saturated heterocycles. The van der Waals surface area contributed by atoms with E-state index in [4.69, 9.17) is 5.11 Å². The van der Waals surface area contributed by atoms with Gasteiger partial charge in [-0.25, -0.2) is 21.6 Å². The fourth-order valence-corrected chi connectivity index (χ4v) is 10.3. The van der Waals surface area contributed by atoms with E-state index in [1.807, 2.05) is 31.2 Å². The Balaban J connectivity index is 1.33. The Labute approximate surface area is 343 Å². The molecule has 0 amide bonds. The molecular formula is C46H55N3O7S2. The maximum atomic E-state index is 13.0. The van der Waals surface area contributed by atoms with Crippen molar-refractivity contribution in [3.63, 3.8) is 0 Å². The number of carbonyl (C=O) groups is 1. The molecule has 2 aliphatic heterocycles. The molecule has 2 heterocycles. The van der Waals surface area contributed by atoms with Crippen LogP contribution in [-0.2, 0) is 35.8 Å². The molecule has 2 aliphatic rings. The Morgan fingerprint density at radius 3 is 2.34 bits per heavy atom. The molecular weight excluding hydrogens is 771 g/mol. The summed E-state index contributed by atoms with van der Waals surface area (Å²) in [6.45, 7) is 12.3. The smallest absolute Gasteiger partial charge is 0.303 e. The first kappa shape index (κ1) is 43.0. The number of nitrogens with zero attached hydrogens (tertiary/aromatic N) is 2. The predicted octanol–water partition coefficient (Wildman–Crippen LogP) is 8.82. The van der Waals surface area contributed by atoms with Gasteiger partial charge in [-0.2, -0.15) is 4.58 Å². The summed E-state index contributed by atoms with van der Waals surface area (Å²) in [6, 6.07) is 22.1. The van der Waals surface area contributed by atoms with Gasteiger partial charge < -0.3 is 14.6 Å². The zero-order valence-corrected chi connectivity index (χ0v) is 35.8. The first-order valence-electron chi connectivity index (χ1n) is 20.2. The van der Waals surface area contributed by atoms with E-state index in [1.165, 1.54) is 22.0 Å². The standard InChI is InChI=1S/C46H55N3O7S2/c1-6-26-47-58(55,56)36-24-22-34-31-38-40(32-35(34)30-36)49(28-15-16-29-57(52,53)54)41(45(38,2)3)19-9-7-10-20-42-46(4,5)44-37-18-13-12-17-33(37)23-25-39(44)48(42)27-14-8-11-21-43(50)51/h7,9-10,12-13,17-20,22-25,30-32,47H,6,8,11,14-16,21,26-29H2,1-5H3,(H-,50,51,52,53,54). The maximum Gasteiger partial charge on any atom is 0.303 e. The molecule has 6 rings (SSSR count). The average Bonchev–Trinajstić information content (AvgIpc) is 3.51. The highest BCUT2D eigenvalue weighted by molar-refractivity contribution is 7.89. The van der Waals surface area contributed by atoms with Crippen LogP contribution in [0.1, 0.15) is 90.7 Å². The minimum atomic E-state index is -4.34. The van der Waals surface area contributed by atoms with Crippen molar-refractivity contribution in [1.29, 1.82) is 0 Å². The van der Waals surface area contributed by atoms with E-state index in [0.29, 0.717) is 32.4 Å². The van der Waals surface area contributed by atoms with Crippen molar-refractivity contribution in [3.8, 4) is 0 Å². The van der Waals surface area contributed by atoms with Crippen LogP contribution >= 0.6 is 0 Å². The number of carboxylic acids is 1. The SMILES string of the molecule is CCCNS(=O)(=O)c1ccc2cc3c(cc2c1)N(CCCCS(=O)(=O)[O-])/C(=C/C=C/C=C/C1=[N+](CCCCCC(=O)O)c2ccc4ccccc4c2C1(C)C)C3(C)C. The molecule has 58 heavy (non-hydrogen) atoms. The highest BCUT2D eigenvalue weighted by Crippen LogP contribution is 2.49. The molecule has 2 N–H and O–H groups in total. The summed E-state index contributed by atoms with van der Waals surface area (Å²) < 4.78 is 65.3. The third-order valence-corrected chi connectivity index (χ3v) is 13.7. The molecule has 0 unspecified atom stereocenters. The van der Waals surface area contributed by atoms with E-state index >= 15 is 0 Å². The van der Waals surface area contributed by atoms with Gasteiger partial charge in [-0.3, -0.25) is 4.79 Å². The molecule has 12 heteroatoms. The van der Waals surface area contributed by atoms with Crippen molar-refractivity contribution in [3.05, 3.63) is 114 Å². The highest BCUT2D eigenvalue weighted by Gasteiger charge is 2.45. The first-order valence-corrected chi connectivity index (χ1v) is 23.3. The summed E-state index contributed by atoms with van der Waals surface area (Å²) >= 11 is 0. The Morgan fingerprint density at radius 1 is 0.845 bits per heavy atom. The van der Waals surface area contributed by atoms with Gasteiger partial charge in [0.1, 0.15) is 6.54 Å². The van der Waals surface area contributed by atoms with Crippen LogP contribution < -0.4 is 9.62 Å². The number of hydrogen-bond donors (Lipinski definition) is 2. The number of rotatable bonds is 18. The zero-order valence-electron chi connectivity index (χ0n) is 34.1. The molecule has 0 aromatic heterocycles. The Morgan fingerprint density at radius 2 is 1.60 bits per heavy atom. The lowest BCUT2D eigenvalue weighted by atomic mass is 9.79. The van der Waals surface area contributed by atoms with Gasteiger partial charge in [0.15, 0.2) is 5.71 Å². The van der Waals surface area contributed by atoms with E-state index in [1.54, 1.807) is 12.1 Å². The van der Waals surface area contributed by atoms with Crippen LogP contribution in [0.2, 0.25) is 0 Å². The lowest BCUT2D eigenvalue weighted by Crippen LogP contribution is -2.28. The number of allylic oxidation sites excluding steroid dienone is 6. The van der Waals surface area contributed by atoms with Crippen LogP contribution in [-0.4, -0.2) is 68.1 Å². The molecule has 0 saturated carbocycles. The van der Waals surface area contributed by atoms with Crippen molar-refractivity contribution >= 4 is 64.7 Å². The zero-order chi connectivity index (χ0) is 41.9. The predicted molar refractivity (Wildman–Crippen MR) is 233 cm³/mol. The topological polar surface area (TPSA) is 147 Å². The van der Waals surface area contributed by atoms with Gasteiger partial charge in [0, 0.05) is 66.2 Å². The molecule has 0 spiro atoms. The van der Waals surface area contributed by atoms with Gasteiger partial charge in [-0.15, -0.1) is 0 Å². The molecule has 4 aromatic rings. The van der Waals surface area contributed by atoms with Crippen LogP contribution in [0.15, 0.2) is 108 Å². The lowest BCUT2D eigenvalue weighted by Gasteiger charge is -2.27. The molecule has 4 aromatic carbocycles. The number of sulfonamides is 1. The van der Waals surface area contributed by atoms with Gasteiger partial charge in [0.05, 0.1) is 20.4 Å². The second kappa shape index (κ2) is 17.3. The first-order chi connectivity index (χ1) is 27.5. The number of hydrogen-bond acceptors (Lipinski definition) is 7. The fraction of sp³-hybridized carbons (Fsp3) is 0.391. The molecule has 10 nitrogen and oxygen atoms in total. The highest BCUT2D eigenvalue weighted by atomic mass is 32.2. The van der Waals surface area contributed by atoms with Crippen molar-refractivity contribution in [2.24, 2.45) is 0 Å². The van der Waals surface area contributed by atoms with Crippen molar-refractivity contribution in [1.82, 2.24) is 4.72 Å². The van der Waals surface area contributed by atoms with Crippen molar-refractivity contribution < 1.29 is 35.9 Å². The van der Waals surface area contributed by atoms with E-state index < -0.39 is 37.3 Å².